The lowest BCUT2D eigenvalue weighted by atomic mass is 9.91. The quantitative estimate of drug-likeness (QED) is 0.522. The molecule has 1 N–H and O–H groups in total. The number of aliphatic hydroxyl groups is 1. The Morgan fingerprint density at radius 3 is 2.70 bits per heavy atom. The maximum atomic E-state index is 10.8. The van der Waals surface area contributed by atoms with Gasteiger partial charge in [0.2, 0.25) is 0 Å². The first-order valence-electron chi connectivity index (χ1n) is 10.1. The molecule has 2 saturated heterocycles. The molecule has 27 heavy (non-hydrogen) atoms. The predicted octanol–water partition coefficient (Wildman–Crippen LogP) is 3.98. The number of unbranched alkanes of at least 4 members (excludes halogenated alkanes) is 4. The fourth-order valence-electron chi connectivity index (χ4n) is 3.64. The Morgan fingerprint density at radius 1 is 1.15 bits per heavy atom. The Kier molecular flexibility index (Phi) is 7.85. The van der Waals surface area contributed by atoms with Crippen LogP contribution in [0.25, 0.3) is 0 Å². The Hall–Kier alpha value is -1.24. The van der Waals surface area contributed by atoms with Gasteiger partial charge in [0.05, 0.1) is 12.7 Å². The first-order valence-corrected chi connectivity index (χ1v) is 10.1. The van der Waals surface area contributed by atoms with Gasteiger partial charge in [0.25, 0.3) is 0 Å². The van der Waals surface area contributed by atoms with Crippen molar-refractivity contribution in [3.05, 3.63) is 48.6 Å². The third-order valence-corrected chi connectivity index (χ3v) is 5.33. The van der Waals surface area contributed by atoms with E-state index in [1.165, 1.54) is 12.8 Å². The number of ether oxygens (including phenoxy) is 4. The number of hydrogen-bond acceptors (Lipinski definition) is 5. The van der Waals surface area contributed by atoms with E-state index in [1.807, 2.05) is 43.3 Å². The van der Waals surface area contributed by atoms with Gasteiger partial charge in [-0.2, -0.15) is 0 Å². The molecule has 1 aromatic rings. The average Bonchev–Trinajstić information content (AvgIpc) is 2.71. The van der Waals surface area contributed by atoms with E-state index in [1.54, 1.807) is 0 Å². The Labute approximate surface area is 162 Å². The van der Waals surface area contributed by atoms with Crippen LogP contribution in [0.2, 0.25) is 0 Å². The molecule has 3 unspecified atom stereocenters. The summed E-state index contributed by atoms with van der Waals surface area (Å²) in [5, 5.41) is 10.8. The number of hydrogen-bond donors (Lipinski definition) is 1. The number of allylic oxidation sites excluding steroid dienone is 1. The molecule has 2 fully saturated rings. The summed E-state index contributed by atoms with van der Waals surface area (Å²) >= 11 is 0. The first-order chi connectivity index (χ1) is 13.2. The molecule has 1 aromatic carbocycles. The van der Waals surface area contributed by atoms with Crippen LogP contribution >= 0.6 is 0 Å². The molecule has 150 valence electrons. The second-order valence-electron chi connectivity index (χ2n) is 7.43. The van der Waals surface area contributed by atoms with Crippen molar-refractivity contribution in [1.29, 1.82) is 0 Å². The molecule has 0 bridgehead atoms. The lowest BCUT2D eigenvalue weighted by molar-refractivity contribution is -0.351. The van der Waals surface area contributed by atoms with E-state index < -0.39 is 24.8 Å². The molecule has 2 aliphatic heterocycles. The number of benzene rings is 1. The van der Waals surface area contributed by atoms with Crippen molar-refractivity contribution in [3.63, 3.8) is 0 Å². The van der Waals surface area contributed by atoms with Gasteiger partial charge in [-0.1, -0.05) is 56.2 Å². The monoisotopic (exact) mass is 376 g/mol. The lowest BCUT2D eigenvalue weighted by Crippen LogP contribution is -2.59. The van der Waals surface area contributed by atoms with Gasteiger partial charge in [-0.25, -0.2) is 0 Å². The van der Waals surface area contributed by atoms with Gasteiger partial charge in [-0.15, -0.1) is 6.58 Å². The Bertz CT molecular complexity index is 561. The summed E-state index contributed by atoms with van der Waals surface area (Å²) in [7, 11) is 0. The van der Waals surface area contributed by atoms with Crippen LogP contribution < -0.4 is 0 Å². The zero-order valence-electron chi connectivity index (χ0n) is 16.2. The first kappa shape index (κ1) is 20.5. The van der Waals surface area contributed by atoms with E-state index in [-0.39, 0.29) is 12.0 Å². The second kappa shape index (κ2) is 10.3. The molecular formula is C22H32O5. The molecule has 0 amide bonds. The van der Waals surface area contributed by atoms with E-state index >= 15 is 0 Å². The highest BCUT2D eigenvalue weighted by atomic mass is 16.7. The molecule has 2 heterocycles. The molecule has 3 rings (SSSR count). The highest BCUT2D eigenvalue weighted by Gasteiger charge is 2.47. The van der Waals surface area contributed by atoms with Crippen molar-refractivity contribution in [2.45, 2.75) is 69.9 Å². The van der Waals surface area contributed by atoms with Crippen LogP contribution in [0.1, 0.15) is 50.9 Å². The van der Waals surface area contributed by atoms with Gasteiger partial charge in [0, 0.05) is 18.1 Å². The molecule has 0 spiro atoms. The van der Waals surface area contributed by atoms with E-state index in [2.05, 4.69) is 6.58 Å². The summed E-state index contributed by atoms with van der Waals surface area (Å²) in [6.45, 7) is 6.72. The van der Waals surface area contributed by atoms with Crippen molar-refractivity contribution in [2.24, 2.45) is 5.92 Å². The number of fused-ring (bicyclic) bond motifs is 1. The summed E-state index contributed by atoms with van der Waals surface area (Å²) < 4.78 is 23.8. The van der Waals surface area contributed by atoms with Crippen molar-refractivity contribution < 1.29 is 24.1 Å². The maximum Gasteiger partial charge on any atom is 0.184 e. The predicted molar refractivity (Wildman–Crippen MR) is 103 cm³/mol. The van der Waals surface area contributed by atoms with Crippen LogP contribution in [-0.2, 0) is 18.9 Å². The standard InChI is InChI=1S/C22H32O5/c1-3-4-5-6-7-11-14-24-21-16(2)19(23)20-18(26-21)15-25-22(27-20)17-12-9-8-10-13-17/h3,8-10,12-13,16,18-23H,1,4-7,11,14-15H2,2H3/t16?,18?,19-,20+,21-,22?/m1/s1. The number of aliphatic hydroxyl groups excluding tert-OH is 1. The number of rotatable bonds is 9. The van der Waals surface area contributed by atoms with Gasteiger partial charge in [-0.05, 0) is 19.3 Å². The summed E-state index contributed by atoms with van der Waals surface area (Å²) in [4.78, 5) is 0. The Morgan fingerprint density at radius 2 is 1.93 bits per heavy atom. The smallest absolute Gasteiger partial charge is 0.184 e. The highest BCUT2D eigenvalue weighted by molar-refractivity contribution is 5.16. The minimum Gasteiger partial charge on any atom is -0.390 e. The minimum atomic E-state index is -0.642. The van der Waals surface area contributed by atoms with Crippen molar-refractivity contribution >= 4 is 0 Å². The molecule has 5 nitrogen and oxygen atoms in total. The zero-order valence-corrected chi connectivity index (χ0v) is 16.2. The second-order valence-corrected chi connectivity index (χ2v) is 7.43. The summed E-state index contributed by atoms with van der Waals surface area (Å²) in [5.74, 6) is -0.151. The summed E-state index contributed by atoms with van der Waals surface area (Å²) in [6.07, 6.45) is 5.28. The van der Waals surface area contributed by atoms with Crippen LogP contribution in [0.3, 0.4) is 0 Å². The molecular weight excluding hydrogens is 344 g/mol. The van der Waals surface area contributed by atoms with Crippen LogP contribution in [-0.4, -0.2) is 42.9 Å². The SMILES string of the molecule is C=CCCCCCCO[C@@H]1OC2COC(c3ccccc3)O[C@@H]2[C@H](O)C1C. The third-order valence-electron chi connectivity index (χ3n) is 5.33. The van der Waals surface area contributed by atoms with Crippen LogP contribution in [0, 0.1) is 5.92 Å². The molecule has 5 heteroatoms. The van der Waals surface area contributed by atoms with Gasteiger partial charge >= 0.3 is 0 Å². The molecule has 0 saturated carbocycles. The fraction of sp³-hybridized carbons (Fsp3) is 0.636. The molecule has 0 aliphatic carbocycles. The van der Waals surface area contributed by atoms with Gasteiger partial charge in [0.1, 0.15) is 12.2 Å². The molecule has 2 aliphatic rings. The zero-order chi connectivity index (χ0) is 19.1. The molecule has 6 atom stereocenters. The third kappa shape index (κ3) is 5.39. The van der Waals surface area contributed by atoms with E-state index in [9.17, 15) is 5.11 Å². The summed E-state index contributed by atoms with van der Waals surface area (Å²) in [5.41, 5.74) is 0.950. The van der Waals surface area contributed by atoms with Gasteiger partial charge in [0.15, 0.2) is 12.6 Å². The van der Waals surface area contributed by atoms with Gasteiger partial charge in [-0.3, -0.25) is 0 Å². The molecule has 0 radical (unpaired) electrons. The topological polar surface area (TPSA) is 57.2 Å². The van der Waals surface area contributed by atoms with E-state index in [0.29, 0.717) is 13.2 Å². The minimum absolute atomic E-state index is 0.151. The lowest BCUT2D eigenvalue weighted by Gasteiger charge is -2.47. The van der Waals surface area contributed by atoms with E-state index in [4.69, 9.17) is 18.9 Å². The van der Waals surface area contributed by atoms with Crippen LogP contribution in [0.4, 0.5) is 0 Å². The highest BCUT2D eigenvalue weighted by Crippen LogP contribution is 2.36. The van der Waals surface area contributed by atoms with Crippen molar-refractivity contribution in [3.8, 4) is 0 Å². The Balaban J connectivity index is 1.46. The average molecular weight is 376 g/mol. The van der Waals surface area contributed by atoms with Crippen LogP contribution in [0.5, 0.6) is 0 Å². The van der Waals surface area contributed by atoms with Crippen molar-refractivity contribution in [2.75, 3.05) is 13.2 Å². The summed E-state index contributed by atoms with van der Waals surface area (Å²) in [6, 6.07) is 9.78. The molecule has 0 aromatic heterocycles. The largest absolute Gasteiger partial charge is 0.390 e. The fourth-order valence-corrected chi connectivity index (χ4v) is 3.64. The normalized spacial score (nSPS) is 33.4. The van der Waals surface area contributed by atoms with Crippen LogP contribution in [0.15, 0.2) is 43.0 Å². The maximum absolute atomic E-state index is 10.8. The van der Waals surface area contributed by atoms with E-state index in [0.717, 1.165) is 24.8 Å². The van der Waals surface area contributed by atoms with Gasteiger partial charge < -0.3 is 24.1 Å². The van der Waals surface area contributed by atoms with Crippen molar-refractivity contribution in [1.82, 2.24) is 0 Å².